The molecule has 2 rings (SSSR count). The second-order valence-electron chi connectivity index (χ2n) is 3.47. The summed E-state index contributed by atoms with van der Waals surface area (Å²) < 4.78 is 1.14. The lowest BCUT2D eigenvalue weighted by molar-refractivity contribution is -0.110. The number of aldehydes is 1. The van der Waals surface area contributed by atoms with Crippen LogP contribution in [0.1, 0.15) is 6.42 Å². The van der Waals surface area contributed by atoms with E-state index in [4.69, 9.17) is 0 Å². The first-order chi connectivity index (χ1) is 6.79. The highest BCUT2D eigenvalue weighted by molar-refractivity contribution is 14.1. The molecule has 1 unspecified atom stereocenters. The standard InChI is InChI=1S/C10H11IN2O/c11-9-1-2-10(12-5-9)13-4-3-8(6-13)7-14/h1-2,5,7-8H,3-4,6H2. The Hall–Kier alpha value is -0.650. The van der Waals surface area contributed by atoms with E-state index >= 15 is 0 Å². The van der Waals surface area contributed by atoms with Crippen LogP contribution in [0.4, 0.5) is 5.82 Å². The second-order valence-corrected chi connectivity index (χ2v) is 4.71. The molecule has 0 aromatic carbocycles. The largest absolute Gasteiger partial charge is 0.356 e. The van der Waals surface area contributed by atoms with Gasteiger partial charge in [0.15, 0.2) is 0 Å². The minimum Gasteiger partial charge on any atom is -0.356 e. The molecule has 0 radical (unpaired) electrons. The average Bonchev–Trinajstić information content (AvgIpc) is 2.67. The molecule has 4 heteroatoms. The van der Waals surface area contributed by atoms with Crippen molar-refractivity contribution in [3.63, 3.8) is 0 Å². The van der Waals surface area contributed by atoms with Crippen LogP contribution in [0.15, 0.2) is 18.3 Å². The third-order valence-electron chi connectivity index (χ3n) is 2.45. The van der Waals surface area contributed by atoms with Gasteiger partial charge in [0.2, 0.25) is 0 Å². The van der Waals surface area contributed by atoms with Crippen LogP contribution in [0.3, 0.4) is 0 Å². The number of hydrogen-bond acceptors (Lipinski definition) is 3. The van der Waals surface area contributed by atoms with Gasteiger partial charge in [-0.3, -0.25) is 0 Å². The molecule has 0 amide bonds. The molecule has 3 nitrogen and oxygen atoms in total. The van der Waals surface area contributed by atoms with Crippen LogP contribution in [-0.2, 0) is 4.79 Å². The molecule has 0 bridgehead atoms. The summed E-state index contributed by atoms with van der Waals surface area (Å²) in [5.74, 6) is 1.17. The third-order valence-corrected chi connectivity index (χ3v) is 3.09. The molecule has 2 heterocycles. The fourth-order valence-corrected chi connectivity index (χ4v) is 1.98. The van der Waals surface area contributed by atoms with E-state index in [1.165, 1.54) is 0 Å². The molecule has 0 spiro atoms. The first-order valence-electron chi connectivity index (χ1n) is 4.61. The number of anilines is 1. The molecule has 1 aromatic rings. The minimum absolute atomic E-state index is 0.191. The minimum atomic E-state index is 0.191. The molecule has 1 atom stereocenters. The van der Waals surface area contributed by atoms with Crippen molar-refractivity contribution in [2.45, 2.75) is 6.42 Å². The number of hydrogen-bond donors (Lipinski definition) is 0. The number of carbonyl (C=O) groups excluding carboxylic acids is 1. The van der Waals surface area contributed by atoms with Crippen LogP contribution < -0.4 is 4.90 Å². The Labute approximate surface area is 96.7 Å². The maximum absolute atomic E-state index is 10.6. The maximum Gasteiger partial charge on any atom is 0.128 e. The zero-order chi connectivity index (χ0) is 9.97. The number of carbonyl (C=O) groups is 1. The van der Waals surface area contributed by atoms with Crippen LogP contribution in [0.2, 0.25) is 0 Å². The highest BCUT2D eigenvalue weighted by Gasteiger charge is 2.22. The van der Waals surface area contributed by atoms with Crippen molar-refractivity contribution < 1.29 is 4.79 Å². The summed E-state index contributed by atoms with van der Waals surface area (Å²) in [6, 6.07) is 4.05. The lowest BCUT2D eigenvalue weighted by Crippen LogP contribution is -2.20. The van der Waals surface area contributed by atoms with E-state index in [0.29, 0.717) is 0 Å². The molecule has 0 N–H and O–H groups in total. The van der Waals surface area contributed by atoms with Gasteiger partial charge in [0, 0.05) is 28.8 Å². The Morgan fingerprint density at radius 2 is 2.43 bits per heavy atom. The Balaban J connectivity index is 2.09. The molecule has 1 aliphatic rings. The molecular formula is C10H11IN2O. The van der Waals surface area contributed by atoms with E-state index in [1.807, 2.05) is 18.3 Å². The van der Waals surface area contributed by atoms with Gasteiger partial charge in [0.25, 0.3) is 0 Å². The van der Waals surface area contributed by atoms with E-state index in [-0.39, 0.29) is 5.92 Å². The first-order valence-corrected chi connectivity index (χ1v) is 5.69. The van der Waals surface area contributed by atoms with E-state index in [9.17, 15) is 4.79 Å². The lowest BCUT2D eigenvalue weighted by atomic mass is 10.1. The van der Waals surface area contributed by atoms with Gasteiger partial charge in [0.05, 0.1) is 0 Å². The summed E-state index contributed by atoms with van der Waals surface area (Å²) in [4.78, 5) is 17.1. The fourth-order valence-electron chi connectivity index (χ4n) is 1.66. The predicted molar refractivity (Wildman–Crippen MR) is 63.3 cm³/mol. The Morgan fingerprint density at radius 3 is 3.00 bits per heavy atom. The van der Waals surface area contributed by atoms with Crippen molar-refractivity contribution in [3.05, 3.63) is 21.9 Å². The van der Waals surface area contributed by atoms with Gasteiger partial charge in [-0.05, 0) is 41.1 Å². The summed E-state index contributed by atoms with van der Waals surface area (Å²) in [6.45, 7) is 1.76. The number of pyridine rings is 1. The summed E-state index contributed by atoms with van der Waals surface area (Å²) >= 11 is 2.23. The fraction of sp³-hybridized carbons (Fsp3) is 0.400. The second kappa shape index (κ2) is 4.25. The molecule has 1 saturated heterocycles. The topological polar surface area (TPSA) is 33.2 Å². The van der Waals surface area contributed by atoms with Crippen molar-refractivity contribution in [1.29, 1.82) is 0 Å². The smallest absolute Gasteiger partial charge is 0.128 e. The van der Waals surface area contributed by atoms with Gasteiger partial charge in [-0.1, -0.05) is 0 Å². The van der Waals surface area contributed by atoms with Crippen molar-refractivity contribution in [1.82, 2.24) is 4.98 Å². The monoisotopic (exact) mass is 302 g/mol. The number of rotatable bonds is 2. The quantitative estimate of drug-likeness (QED) is 0.616. The zero-order valence-corrected chi connectivity index (χ0v) is 9.85. The predicted octanol–water partition coefficient (Wildman–Crippen LogP) is 1.71. The van der Waals surface area contributed by atoms with Crippen molar-refractivity contribution >= 4 is 34.7 Å². The van der Waals surface area contributed by atoms with Crippen LogP contribution in [0.25, 0.3) is 0 Å². The molecule has 74 valence electrons. The third kappa shape index (κ3) is 2.05. The van der Waals surface area contributed by atoms with E-state index in [1.54, 1.807) is 0 Å². The molecule has 0 aliphatic carbocycles. The number of nitrogens with zero attached hydrogens (tertiary/aromatic N) is 2. The maximum atomic E-state index is 10.6. The Kier molecular flexibility index (Phi) is 3.00. The highest BCUT2D eigenvalue weighted by atomic mass is 127. The van der Waals surface area contributed by atoms with Gasteiger partial charge >= 0.3 is 0 Å². The molecule has 0 saturated carbocycles. The molecule has 1 aromatic heterocycles. The van der Waals surface area contributed by atoms with Gasteiger partial charge in [-0.2, -0.15) is 0 Å². The van der Waals surface area contributed by atoms with E-state index in [2.05, 4.69) is 32.5 Å². The van der Waals surface area contributed by atoms with Crippen molar-refractivity contribution in [2.24, 2.45) is 5.92 Å². The summed E-state index contributed by atoms with van der Waals surface area (Å²) in [5.41, 5.74) is 0. The van der Waals surface area contributed by atoms with Crippen LogP contribution in [0.5, 0.6) is 0 Å². The van der Waals surface area contributed by atoms with Crippen LogP contribution in [-0.4, -0.2) is 24.4 Å². The van der Waals surface area contributed by atoms with Gasteiger partial charge in [0.1, 0.15) is 12.1 Å². The van der Waals surface area contributed by atoms with E-state index in [0.717, 1.165) is 35.2 Å². The highest BCUT2D eigenvalue weighted by Crippen LogP contribution is 2.20. The lowest BCUT2D eigenvalue weighted by Gasteiger charge is -2.16. The molecular weight excluding hydrogens is 291 g/mol. The SMILES string of the molecule is O=CC1CCN(c2ccc(I)cn2)C1. The van der Waals surface area contributed by atoms with Gasteiger partial charge in [-0.25, -0.2) is 4.98 Å². The Morgan fingerprint density at radius 1 is 1.57 bits per heavy atom. The zero-order valence-electron chi connectivity index (χ0n) is 7.69. The summed E-state index contributed by atoms with van der Waals surface area (Å²) in [5, 5.41) is 0. The van der Waals surface area contributed by atoms with Crippen LogP contribution >= 0.6 is 22.6 Å². The average molecular weight is 302 g/mol. The van der Waals surface area contributed by atoms with Crippen molar-refractivity contribution in [2.75, 3.05) is 18.0 Å². The van der Waals surface area contributed by atoms with Crippen molar-refractivity contribution in [3.8, 4) is 0 Å². The van der Waals surface area contributed by atoms with E-state index < -0.39 is 0 Å². The number of halogens is 1. The van der Waals surface area contributed by atoms with Gasteiger partial charge < -0.3 is 9.69 Å². The first kappa shape index (κ1) is 9.89. The number of aromatic nitrogens is 1. The molecule has 14 heavy (non-hydrogen) atoms. The summed E-state index contributed by atoms with van der Waals surface area (Å²) in [6.07, 6.45) is 3.86. The van der Waals surface area contributed by atoms with Crippen LogP contribution in [0, 0.1) is 9.49 Å². The normalized spacial score (nSPS) is 21.2. The summed E-state index contributed by atoms with van der Waals surface area (Å²) in [7, 11) is 0. The van der Waals surface area contributed by atoms with Gasteiger partial charge in [-0.15, -0.1) is 0 Å². The molecule has 1 aliphatic heterocycles. The Bertz CT molecular complexity index is 325. The molecule has 1 fully saturated rings.